The van der Waals surface area contributed by atoms with Gasteiger partial charge in [-0.3, -0.25) is 0 Å². The van der Waals surface area contributed by atoms with Gasteiger partial charge in [0.2, 0.25) is 0 Å². The van der Waals surface area contributed by atoms with Crippen molar-refractivity contribution >= 4 is 0 Å². The van der Waals surface area contributed by atoms with E-state index in [0.717, 1.165) is 24.0 Å². The lowest BCUT2D eigenvalue weighted by atomic mass is 9.84. The molecule has 0 radical (unpaired) electrons. The van der Waals surface area contributed by atoms with Gasteiger partial charge in [-0.25, -0.2) is 0 Å². The lowest BCUT2D eigenvalue weighted by molar-refractivity contribution is 0.462. The number of hydrogen-bond donors (Lipinski definition) is 1. The van der Waals surface area contributed by atoms with E-state index >= 15 is 0 Å². The van der Waals surface area contributed by atoms with E-state index < -0.39 is 0 Å². The van der Waals surface area contributed by atoms with Gasteiger partial charge in [0.15, 0.2) is 0 Å². The second-order valence-corrected chi connectivity index (χ2v) is 7.06. The number of hydrogen-bond acceptors (Lipinski definition) is 1. The third-order valence-corrected chi connectivity index (χ3v) is 4.82. The Labute approximate surface area is 151 Å². The van der Waals surface area contributed by atoms with Crippen LogP contribution in [0.2, 0.25) is 0 Å². The highest BCUT2D eigenvalue weighted by atomic mass is 16.3. The zero-order chi connectivity index (χ0) is 17.8. The van der Waals surface area contributed by atoms with E-state index in [1.807, 2.05) is 12.1 Å². The first-order valence-corrected chi connectivity index (χ1v) is 8.98. The minimum atomic E-state index is 0.286. The van der Waals surface area contributed by atoms with Crippen molar-refractivity contribution in [2.45, 2.75) is 39.5 Å². The maximum absolute atomic E-state index is 10.6. The molecule has 0 spiro atoms. The van der Waals surface area contributed by atoms with Crippen LogP contribution in [0.15, 0.2) is 66.7 Å². The normalized spacial score (nSPS) is 11.0. The van der Waals surface area contributed by atoms with Crippen LogP contribution in [0.1, 0.15) is 53.1 Å². The molecule has 0 fully saturated rings. The highest BCUT2D eigenvalue weighted by Crippen LogP contribution is 2.36. The van der Waals surface area contributed by atoms with Crippen molar-refractivity contribution in [3.05, 3.63) is 100 Å². The maximum Gasteiger partial charge on any atom is 0.119 e. The van der Waals surface area contributed by atoms with Crippen molar-refractivity contribution in [2.24, 2.45) is 0 Å². The van der Waals surface area contributed by atoms with Crippen LogP contribution in [-0.4, -0.2) is 5.11 Å². The van der Waals surface area contributed by atoms with Gasteiger partial charge in [-0.1, -0.05) is 74.5 Å². The molecule has 0 bridgehead atoms. The number of phenols is 1. The van der Waals surface area contributed by atoms with Gasteiger partial charge in [-0.15, -0.1) is 0 Å². The molecule has 3 aromatic rings. The van der Waals surface area contributed by atoms with E-state index in [9.17, 15) is 5.11 Å². The summed E-state index contributed by atoms with van der Waals surface area (Å²) in [6, 6.07) is 23.0. The molecule has 1 heteroatoms. The molecule has 0 saturated carbocycles. The van der Waals surface area contributed by atoms with Gasteiger partial charge in [0.1, 0.15) is 5.75 Å². The summed E-state index contributed by atoms with van der Waals surface area (Å²) in [5.41, 5.74) is 7.46. The molecule has 0 saturated heterocycles. The molecule has 0 aliphatic heterocycles. The molecule has 0 unspecified atom stereocenters. The summed E-state index contributed by atoms with van der Waals surface area (Å²) in [5.74, 6) is 0.712. The van der Waals surface area contributed by atoms with E-state index in [1.54, 1.807) is 0 Å². The minimum absolute atomic E-state index is 0.286. The van der Waals surface area contributed by atoms with Crippen molar-refractivity contribution < 1.29 is 5.11 Å². The van der Waals surface area contributed by atoms with Crippen molar-refractivity contribution in [1.29, 1.82) is 0 Å². The topological polar surface area (TPSA) is 20.2 Å². The molecule has 3 aromatic carbocycles. The average Bonchev–Trinajstić information content (AvgIpc) is 2.59. The van der Waals surface area contributed by atoms with Gasteiger partial charge in [-0.05, 0) is 59.6 Å². The molecule has 3 rings (SSSR count). The van der Waals surface area contributed by atoms with Gasteiger partial charge >= 0.3 is 0 Å². The molecule has 1 nitrogen and oxygen atoms in total. The number of aryl methyl sites for hydroxylation is 1. The van der Waals surface area contributed by atoms with Crippen LogP contribution in [0, 0.1) is 6.92 Å². The van der Waals surface area contributed by atoms with Crippen molar-refractivity contribution in [2.75, 3.05) is 0 Å². The summed E-state index contributed by atoms with van der Waals surface area (Å²) in [5, 5.41) is 10.6. The third-order valence-electron chi connectivity index (χ3n) is 4.82. The third kappa shape index (κ3) is 3.93. The second kappa shape index (κ2) is 7.57. The van der Waals surface area contributed by atoms with Crippen molar-refractivity contribution in [3.63, 3.8) is 0 Å². The lowest BCUT2D eigenvalue weighted by Crippen LogP contribution is -2.07. The first-order chi connectivity index (χ1) is 12.1. The van der Waals surface area contributed by atoms with E-state index in [-0.39, 0.29) is 5.92 Å². The average molecular weight is 330 g/mol. The smallest absolute Gasteiger partial charge is 0.119 e. The largest absolute Gasteiger partial charge is 0.508 e. The van der Waals surface area contributed by atoms with E-state index in [2.05, 4.69) is 75.4 Å². The molecule has 128 valence electrons. The summed E-state index contributed by atoms with van der Waals surface area (Å²) in [6.07, 6.45) is 1.75. The highest BCUT2D eigenvalue weighted by molar-refractivity contribution is 5.53. The fraction of sp³-hybridized carbons (Fsp3) is 0.250. The fourth-order valence-corrected chi connectivity index (χ4v) is 3.62. The first kappa shape index (κ1) is 17.3. The molecule has 0 heterocycles. The Morgan fingerprint density at radius 1 is 0.760 bits per heavy atom. The summed E-state index contributed by atoms with van der Waals surface area (Å²) < 4.78 is 0. The van der Waals surface area contributed by atoms with Crippen LogP contribution in [0.25, 0.3) is 0 Å². The fourth-order valence-electron chi connectivity index (χ4n) is 3.62. The second-order valence-electron chi connectivity index (χ2n) is 7.06. The van der Waals surface area contributed by atoms with Crippen LogP contribution < -0.4 is 0 Å². The van der Waals surface area contributed by atoms with Gasteiger partial charge in [0.25, 0.3) is 0 Å². The van der Waals surface area contributed by atoms with E-state index in [4.69, 9.17) is 0 Å². The molecule has 25 heavy (non-hydrogen) atoms. The van der Waals surface area contributed by atoms with Crippen LogP contribution >= 0.6 is 0 Å². The summed E-state index contributed by atoms with van der Waals surface area (Å²) in [6.45, 7) is 6.42. The van der Waals surface area contributed by atoms with E-state index in [1.165, 1.54) is 22.3 Å². The number of aromatic hydroxyl groups is 1. The summed E-state index contributed by atoms with van der Waals surface area (Å²) in [4.78, 5) is 0. The molecule has 0 aliphatic rings. The van der Waals surface area contributed by atoms with Crippen LogP contribution in [0.5, 0.6) is 5.75 Å². The highest BCUT2D eigenvalue weighted by Gasteiger charge is 2.19. The molecule has 0 amide bonds. The predicted octanol–water partition coefficient (Wildman–Crippen LogP) is 6.01. The SMILES string of the molecule is Cc1cc(O)c(C(C)C)c(Cc2ccccc2)c1Cc1ccccc1. The standard InChI is InChI=1S/C24H26O/c1-17(2)24-22(16-20-12-8-5-9-13-20)21(18(3)14-23(24)25)15-19-10-6-4-7-11-19/h4-14,17,25H,15-16H2,1-3H3. The lowest BCUT2D eigenvalue weighted by Gasteiger charge is -2.22. The minimum Gasteiger partial charge on any atom is -0.508 e. The van der Waals surface area contributed by atoms with Gasteiger partial charge in [-0.2, -0.15) is 0 Å². The monoisotopic (exact) mass is 330 g/mol. The Morgan fingerprint density at radius 2 is 1.24 bits per heavy atom. The Bertz CT molecular complexity index is 833. The number of benzene rings is 3. The Balaban J connectivity index is 2.13. The Hall–Kier alpha value is -2.54. The molecule has 1 N–H and O–H groups in total. The van der Waals surface area contributed by atoms with Gasteiger partial charge in [0.05, 0.1) is 0 Å². The molecule has 0 aliphatic carbocycles. The molecular formula is C24H26O. The summed E-state index contributed by atoms with van der Waals surface area (Å²) in [7, 11) is 0. The molecular weight excluding hydrogens is 304 g/mol. The number of rotatable bonds is 5. The zero-order valence-corrected chi connectivity index (χ0v) is 15.3. The van der Waals surface area contributed by atoms with Gasteiger partial charge < -0.3 is 5.11 Å². The van der Waals surface area contributed by atoms with Gasteiger partial charge in [0, 0.05) is 5.56 Å². The number of phenolic OH excluding ortho intramolecular Hbond substituents is 1. The van der Waals surface area contributed by atoms with Crippen LogP contribution in [-0.2, 0) is 12.8 Å². The van der Waals surface area contributed by atoms with E-state index in [0.29, 0.717) is 5.75 Å². The molecule has 0 atom stereocenters. The zero-order valence-electron chi connectivity index (χ0n) is 15.3. The molecule has 0 aromatic heterocycles. The Kier molecular flexibility index (Phi) is 5.23. The van der Waals surface area contributed by atoms with Crippen LogP contribution in [0.3, 0.4) is 0 Å². The quantitative estimate of drug-likeness (QED) is 0.608. The maximum atomic E-state index is 10.6. The van der Waals surface area contributed by atoms with Crippen LogP contribution in [0.4, 0.5) is 0 Å². The van der Waals surface area contributed by atoms with Crippen molar-refractivity contribution in [3.8, 4) is 5.75 Å². The van der Waals surface area contributed by atoms with Crippen molar-refractivity contribution in [1.82, 2.24) is 0 Å². The summed E-state index contributed by atoms with van der Waals surface area (Å²) >= 11 is 0. The Morgan fingerprint density at radius 3 is 1.72 bits per heavy atom. The predicted molar refractivity (Wildman–Crippen MR) is 105 cm³/mol. The first-order valence-electron chi connectivity index (χ1n) is 8.98.